The maximum Gasteiger partial charge on any atom is 0.254 e. The third-order valence-corrected chi connectivity index (χ3v) is 5.60. The predicted molar refractivity (Wildman–Crippen MR) is 99.1 cm³/mol. The van der Waals surface area contributed by atoms with Crippen molar-refractivity contribution in [1.29, 1.82) is 0 Å². The molecular weight excluding hydrogens is 350 g/mol. The zero-order chi connectivity index (χ0) is 17.9. The number of piperazine rings is 1. The van der Waals surface area contributed by atoms with Crippen molar-refractivity contribution in [2.24, 2.45) is 0 Å². The second-order valence-electron chi connectivity index (χ2n) is 6.29. The molecule has 1 aliphatic heterocycles. The highest BCUT2D eigenvalue weighted by atomic mass is 32.1. The SMILES string of the molecule is O=C(CCc1cccs1)N1CCN(C(=O)c2ccc3ncoc3c2)CC1. The number of amides is 2. The molecular formula is C19H19N3O3S. The second-order valence-corrected chi connectivity index (χ2v) is 7.32. The fourth-order valence-corrected chi connectivity index (χ4v) is 3.88. The quantitative estimate of drug-likeness (QED) is 0.709. The zero-order valence-corrected chi connectivity index (χ0v) is 15.1. The molecule has 6 nitrogen and oxygen atoms in total. The van der Waals surface area contributed by atoms with Crippen LogP contribution in [-0.2, 0) is 11.2 Å². The summed E-state index contributed by atoms with van der Waals surface area (Å²) in [6.07, 6.45) is 2.68. The van der Waals surface area contributed by atoms with Gasteiger partial charge in [-0.2, -0.15) is 0 Å². The average molecular weight is 369 g/mol. The van der Waals surface area contributed by atoms with Crippen molar-refractivity contribution in [3.05, 3.63) is 52.5 Å². The van der Waals surface area contributed by atoms with E-state index in [1.807, 2.05) is 16.3 Å². The lowest BCUT2D eigenvalue weighted by atomic mass is 10.1. The number of oxazole rings is 1. The van der Waals surface area contributed by atoms with Gasteiger partial charge >= 0.3 is 0 Å². The van der Waals surface area contributed by atoms with Gasteiger partial charge in [-0.1, -0.05) is 6.07 Å². The van der Waals surface area contributed by atoms with Gasteiger partial charge in [-0.3, -0.25) is 9.59 Å². The highest BCUT2D eigenvalue weighted by Crippen LogP contribution is 2.17. The average Bonchev–Trinajstić information content (AvgIpc) is 3.36. The molecule has 0 aliphatic carbocycles. The molecule has 2 aromatic heterocycles. The number of hydrogen-bond donors (Lipinski definition) is 0. The molecule has 0 atom stereocenters. The van der Waals surface area contributed by atoms with Crippen molar-refractivity contribution in [3.8, 4) is 0 Å². The van der Waals surface area contributed by atoms with Crippen LogP contribution in [-0.4, -0.2) is 52.8 Å². The van der Waals surface area contributed by atoms with Crippen molar-refractivity contribution < 1.29 is 14.0 Å². The number of thiophene rings is 1. The molecule has 26 heavy (non-hydrogen) atoms. The summed E-state index contributed by atoms with van der Waals surface area (Å²) in [5, 5.41) is 2.03. The van der Waals surface area contributed by atoms with E-state index in [-0.39, 0.29) is 11.8 Å². The molecule has 0 bridgehead atoms. The molecule has 7 heteroatoms. The van der Waals surface area contributed by atoms with Crippen molar-refractivity contribution in [1.82, 2.24) is 14.8 Å². The first kappa shape index (κ1) is 16.8. The van der Waals surface area contributed by atoms with Crippen LogP contribution < -0.4 is 0 Å². The second kappa shape index (κ2) is 7.29. The zero-order valence-electron chi connectivity index (χ0n) is 14.3. The van der Waals surface area contributed by atoms with E-state index in [1.165, 1.54) is 11.3 Å². The number of aryl methyl sites for hydroxylation is 1. The van der Waals surface area contributed by atoms with Gasteiger partial charge in [0.2, 0.25) is 5.91 Å². The molecule has 1 aromatic carbocycles. The molecule has 0 spiro atoms. The highest BCUT2D eigenvalue weighted by molar-refractivity contribution is 7.09. The Hall–Kier alpha value is -2.67. The van der Waals surface area contributed by atoms with Gasteiger partial charge in [0.25, 0.3) is 5.91 Å². The maximum absolute atomic E-state index is 12.7. The largest absolute Gasteiger partial charge is 0.443 e. The molecule has 0 saturated carbocycles. The first-order valence-electron chi connectivity index (χ1n) is 8.63. The van der Waals surface area contributed by atoms with Crippen LogP contribution in [0.25, 0.3) is 11.1 Å². The van der Waals surface area contributed by atoms with Crippen molar-refractivity contribution in [2.45, 2.75) is 12.8 Å². The number of nitrogens with zero attached hydrogens (tertiary/aromatic N) is 3. The van der Waals surface area contributed by atoms with Crippen molar-refractivity contribution in [2.75, 3.05) is 26.2 Å². The number of carbonyl (C=O) groups excluding carboxylic acids is 2. The van der Waals surface area contributed by atoms with E-state index in [2.05, 4.69) is 11.1 Å². The molecule has 3 aromatic rings. The third-order valence-electron chi connectivity index (χ3n) is 4.66. The van der Waals surface area contributed by atoms with Crippen LogP contribution in [0.1, 0.15) is 21.7 Å². The lowest BCUT2D eigenvalue weighted by Gasteiger charge is -2.35. The topological polar surface area (TPSA) is 66.7 Å². The molecule has 134 valence electrons. The summed E-state index contributed by atoms with van der Waals surface area (Å²) in [6.45, 7) is 2.27. The van der Waals surface area contributed by atoms with E-state index in [4.69, 9.17) is 4.42 Å². The van der Waals surface area contributed by atoms with E-state index >= 15 is 0 Å². The van der Waals surface area contributed by atoms with Gasteiger partial charge in [0.1, 0.15) is 5.52 Å². The summed E-state index contributed by atoms with van der Waals surface area (Å²) in [7, 11) is 0. The van der Waals surface area contributed by atoms with Crippen LogP contribution in [0.4, 0.5) is 0 Å². The molecule has 0 N–H and O–H groups in total. The Morgan fingerprint density at radius 3 is 2.69 bits per heavy atom. The van der Waals surface area contributed by atoms with Crippen LogP contribution in [0.2, 0.25) is 0 Å². The first-order valence-corrected chi connectivity index (χ1v) is 9.51. The minimum atomic E-state index is -0.0333. The number of hydrogen-bond acceptors (Lipinski definition) is 5. The molecule has 0 radical (unpaired) electrons. The van der Waals surface area contributed by atoms with Crippen molar-refractivity contribution >= 4 is 34.3 Å². The summed E-state index contributed by atoms with van der Waals surface area (Å²) in [5.41, 5.74) is 1.94. The predicted octanol–water partition coefficient (Wildman–Crippen LogP) is 2.81. The molecule has 1 fully saturated rings. The normalized spacial score (nSPS) is 14.8. The van der Waals surface area contributed by atoms with Crippen LogP contribution >= 0.6 is 11.3 Å². The van der Waals surface area contributed by atoms with Crippen LogP contribution in [0, 0.1) is 0 Å². The Balaban J connectivity index is 1.32. The molecule has 0 unspecified atom stereocenters. The smallest absolute Gasteiger partial charge is 0.254 e. The maximum atomic E-state index is 12.7. The van der Waals surface area contributed by atoms with Gasteiger partial charge in [0.15, 0.2) is 12.0 Å². The van der Waals surface area contributed by atoms with Crippen LogP contribution in [0.3, 0.4) is 0 Å². The third kappa shape index (κ3) is 3.48. The van der Waals surface area contributed by atoms with Crippen molar-refractivity contribution in [3.63, 3.8) is 0 Å². The van der Waals surface area contributed by atoms with Gasteiger partial charge in [-0.25, -0.2) is 4.98 Å². The van der Waals surface area contributed by atoms with E-state index in [0.717, 1.165) is 11.9 Å². The molecule has 1 aliphatic rings. The van der Waals surface area contributed by atoms with Gasteiger partial charge in [-0.05, 0) is 36.1 Å². The summed E-state index contributed by atoms with van der Waals surface area (Å²) in [5.74, 6) is 0.127. The monoisotopic (exact) mass is 369 g/mol. The fourth-order valence-electron chi connectivity index (χ4n) is 3.17. The van der Waals surface area contributed by atoms with Gasteiger partial charge in [-0.15, -0.1) is 11.3 Å². The molecule has 1 saturated heterocycles. The standard InChI is InChI=1S/C19H19N3O3S/c23-18(6-4-15-2-1-11-26-15)21-7-9-22(10-8-21)19(24)14-3-5-16-17(12-14)25-13-20-16/h1-3,5,11-13H,4,6-10H2. The van der Waals surface area contributed by atoms with Gasteiger partial charge in [0.05, 0.1) is 0 Å². The Morgan fingerprint density at radius 1 is 1.12 bits per heavy atom. The number of rotatable bonds is 4. The minimum absolute atomic E-state index is 0.0333. The number of aromatic nitrogens is 1. The fraction of sp³-hybridized carbons (Fsp3) is 0.316. The molecule has 2 amide bonds. The summed E-state index contributed by atoms with van der Waals surface area (Å²) in [4.78, 5) is 34.0. The number of carbonyl (C=O) groups is 2. The first-order chi connectivity index (χ1) is 12.7. The highest BCUT2D eigenvalue weighted by Gasteiger charge is 2.25. The minimum Gasteiger partial charge on any atom is -0.443 e. The molecule has 4 rings (SSSR count). The lowest BCUT2D eigenvalue weighted by Crippen LogP contribution is -2.50. The van der Waals surface area contributed by atoms with Crippen LogP contribution in [0.5, 0.6) is 0 Å². The van der Waals surface area contributed by atoms with Gasteiger partial charge in [0, 0.05) is 43.0 Å². The summed E-state index contributed by atoms with van der Waals surface area (Å²) < 4.78 is 5.27. The summed E-state index contributed by atoms with van der Waals surface area (Å²) in [6, 6.07) is 9.34. The van der Waals surface area contributed by atoms with Gasteiger partial charge < -0.3 is 14.2 Å². The Bertz CT molecular complexity index is 911. The molecule has 3 heterocycles. The Labute approximate surface area is 155 Å². The lowest BCUT2D eigenvalue weighted by molar-refractivity contribution is -0.132. The van der Waals surface area contributed by atoms with E-state index in [9.17, 15) is 9.59 Å². The Morgan fingerprint density at radius 2 is 1.92 bits per heavy atom. The van der Waals surface area contributed by atoms with E-state index < -0.39 is 0 Å². The van der Waals surface area contributed by atoms with E-state index in [0.29, 0.717) is 43.7 Å². The Kier molecular flexibility index (Phi) is 4.71. The number of fused-ring (bicyclic) bond motifs is 1. The van der Waals surface area contributed by atoms with Crippen LogP contribution in [0.15, 0.2) is 46.5 Å². The number of benzene rings is 1. The summed E-state index contributed by atoms with van der Waals surface area (Å²) >= 11 is 1.68. The van der Waals surface area contributed by atoms with E-state index in [1.54, 1.807) is 34.4 Å².